The number of fused-ring (bicyclic) bond motifs is 1. The summed E-state index contributed by atoms with van der Waals surface area (Å²) in [6.45, 7) is 3.91. The molecule has 8 heteroatoms. The first kappa shape index (κ1) is 13.1. The van der Waals surface area contributed by atoms with Gasteiger partial charge in [-0.15, -0.1) is 11.3 Å². The van der Waals surface area contributed by atoms with E-state index < -0.39 is 5.54 Å². The van der Waals surface area contributed by atoms with Gasteiger partial charge >= 0.3 is 0 Å². The summed E-state index contributed by atoms with van der Waals surface area (Å²) in [5, 5.41) is 4.27. The first-order valence-corrected chi connectivity index (χ1v) is 7.09. The Hall–Kier alpha value is -1.93. The zero-order chi connectivity index (χ0) is 14.5. The second kappa shape index (κ2) is 4.29. The summed E-state index contributed by atoms with van der Waals surface area (Å²) >= 11 is 1.49. The molecule has 106 valence electrons. The third-order valence-electron chi connectivity index (χ3n) is 3.57. The minimum absolute atomic E-state index is 0.0938. The van der Waals surface area contributed by atoms with Crippen molar-refractivity contribution in [2.24, 2.45) is 5.73 Å². The number of imidazole rings is 1. The van der Waals surface area contributed by atoms with Gasteiger partial charge in [0.1, 0.15) is 5.54 Å². The van der Waals surface area contributed by atoms with E-state index in [4.69, 9.17) is 5.73 Å². The number of nitrogens with one attached hydrogen (secondary N) is 1. The molecule has 3 rings (SSSR count). The highest BCUT2D eigenvalue weighted by Gasteiger charge is 2.43. The van der Waals surface area contributed by atoms with Crippen molar-refractivity contribution in [2.75, 3.05) is 11.4 Å². The van der Waals surface area contributed by atoms with E-state index in [0.717, 1.165) is 10.7 Å². The number of hydrogen-bond donors (Lipinski definition) is 2. The highest BCUT2D eigenvalue weighted by atomic mass is 32.1. The zero-order valence-corrected chi connectivity index (χ0v) is 12.0. The number of nitrogens with zero attached hydrogens (tertiary/aromatic N) is 3. The highest BCUT2D eigenvalue weighted by Crippen LogP contribution is 2.30. The van der Waals surface area contributed by atoms with E-state index in [0.29, 0.717) is 5.82 Å². The average molecular weight is 293 g/mol. The molecule has 0 atom stereocenters. The molecule has 7 nitrogen and oxygen atoms in total. The SMILES string of the molecule is CC1(C)C(=O)NC(=O)CN1c1nc2sccn2c1CN. The number of piperazine rings is 1. The van der Waals surface area contributed by atoms with Gasteiger partial charge in [-0.2, -0.15) is 0 Å². The van der Waals surface area contributed by atoms with Crippen molar-refractivity contribution in [1.29, 1.82) is 0 Å². The lowest BCUT2D eigenvalue weighted by atomic mass is 9.98. The van der Waals surface area contributed by atoms with Crippen molar-refractivity contribution < 1.29 is 9.59 Å². The van der Waals surface area contributed by atoms with Crippen LogP contribution in [0.2, 0.25) is 0 Å². The maximum Gasteiger partial charge on any atom is 0.251 e. The molecule has 0 radical (unpaired) electrons. The summed E-state index contributed by atoms with van der Waals surface area (Å²) in [5.74, 6) is -0.0470. The van der Waals surface area contributed by atoms with Gasteiger partial charge in [-0.25, -0.2) is 4.98 Å². The van der Waals surface area contributed by atoms with Gasteiger partial charge in [0, 0.05) is 18.1 Å². The monoisotopic (exact) mass is 293 g/mol. The van der Waals surface area contributed by atoms with Crippen LogP contribution >= 0.6 is 11.3 Å². The molecular weight excluding hydrogens is 278 g/mol. The van der Waals surface area contributed by atoms with Crippen molar-refractivity contribution in [3.8, 4) is 0 Å². The van der Waals surface area contributed by atoms with E-state index in [2.05, 4.69) is 10.3 Å². The summed E-state index contributed by atoms with van der Waals surface area (Å²) in [7, 11) is 0. The Morgan fingerprint density at radius 1 is 1.50 bits per heavy atom. The molecule has 1 aliphatic heterocycles. The van der Waals surface area contributed by atoms with Gasteiger partial charge < -0.3 is 10.6 Å². The van der Waals surface area contributed by atoms with Gasteiger partial charge in [-0.05, 0) is 13.8 Å². The minimum atomic E-state index is -0.845. The van der Waals surface area contributed by atoms with Gasteiger partial charge in [0.05, 0.1) is 12.2 Å². The van der Waals surface area contributed by atoms with Crippen LogP contribution in [0, 0.1) is 0 Å². The lowest BCUT2D eigenvalue weighted by molar-refractivity contribution is -0.135. The number of anilines is 1. The maximum absolute atomic E-state index is 12.0. The molecule has 0 aromatic carbocycles. The number of carbonyl (C=O) groups excluding carboxylic acids is 2. The van der Waals surface area contributed by atoms with E-state index in [-0.39, 0.29) is 24.9 Å². The van der Waals surface area contributed by atoms with Crippen molar-refractivity contribution in [3.63, 3.8) is 0 Å². The Morgan fingerprint density at radius 2 is 2.25 bits per heavy atom. The quantitative estimate of drug-likeness (QED) is 0.766. The van der Waals surface area contributed by atoms with Crippen LogP contribution in [0.15, 0.2) is 11.6 Å². The molecule has 3 N–H and O–H groups in total. The lowest BCUT2D eigenvalue weighted by Crippen LogP contribution is -2.64. The third kappa shape index (κ3) is 1.72. The summed E-state index contributed by atoms with van der Waals surface area (Å²) in [4.78, 5) is 30.7. The van der Waals surface area contributed by atoms with E-state index in [9.17, 15) is 9.59 Å². The largest absolute Gasteiger partial charge is 0.332 e. The molecular formula is C12H15N5O2S. The lowest BCUT2D eigenvalue weighted by Gasteiger charge is -2.40. The van der Waals surface area contributed by atoms with Crippen LogP contribution in [0.5, 0.6) is 0 Å². The second-order valence-electron chi connectivity index (χ2n) is 5.16. The van der Waals surface area contributed by atoms with Crippen LogP contribution in [0.25, 0.3) is 4.96 Å². The van der Waals surface area contributed by atoms with Gasteiger partial charge in [0.2, 0.25) is 5.91 Å². The molecule has 0 spiro atoms. The van der Waals surface area contributed by atoms with Crippen molar-refractivity contribution in [1.82, 2.24) is 14.7 Å². The van der Waals surface area contributed by atoms with Crippen LogP contribution in [-0.4, -0.2) is 33.3 Å². The normalized spacial score (nSPS) is 18.6. The van der Waals surface area contributed by atoms with E-state index >= 15 is 0 Å². The molecule has 2 amide bonds. The number of carbonyl (C=O) groups is 2. The Bertz CT molecular complexity index is 702. The van der Waals surface area contributed by atoms with Crippen LogP contribution in [-0.2, 0) is 16.1 Å². The van der Waals surface area contributed by atoms with Crippen LogP contribution in [0.4, 0.5) is 5.82 Å². The number of imide groups is 1. The molecule has 1 fully saturated rings. The molecule has 1 saturated heterocycles. The van der Waals surface area contributed by atoms with E-state index in [1.54, 1.807) is 18.7 Å². The van der Waals surface area contributed by atoms with Crippen LogP contribution in [0.1, 0.15) is 19.5 Å². The first-order chi connectivity index (χ1) is 9.45. The molecule has 20 heavy (non-hydrogen) atoms. The first-order valence-electron chi connectivity index (χ1n) is 6.21. The fraction of sp³-hybridized carbons (Fsp3) is 0.417. The van der Waals surface area contributed by atoms with Gasteiger partial charge in [0.15, 0.2) is 10.8 Å². The molecule has 0 saturated carbocycles. The van der Waals surface area contributed by atoms with Crippen molar-refractivity contribution in [2.45, 2.75) is 25.9 Å². The standard InChI is InChI=1S/C12H15N5O2S/c1-12(2)10(19)14-8(18)6-17(12)9-7(5-13)16-3-4-20-11(16)15-9/h3-4H,5-6,13H2,1-2H3,(H,14,18,19). The Morgan fingerprint density at radius 3 is 2.95 bits per heavy atom. The number of aromatic nitrogens is 2. The summed E-state index contributed by atoms with van der Waals surface area (Å²) in [5.41, 5.74) is 5.77. The number of rotatable bonds is 2. The predicted molar refractivity (Wildman–Crippen MR) is 75.5 cm³/mol. The summed E-state index contributed by atoms with van der Waals surface area (Å²) in [6, 6.07) is 0. The zero-order valence-electron chi connectivity index (χ0n) is 11.2. The van der Waals surface area contributed by atoms with E-state index in [1.165, 1.54) is 11.3 Å². The summed E-state index contributed by atoms with van der Waals surface area (Å²) < 4.78 is 1.90. The maximum atomic E-state index is 12.0. The van der Waals surface area contributed by atoms with Crippen LogP contribution in [0.3, 0.4) is 0 Å². The van der Waals surface area contributed by atoms with E-state index in [1.807, 2.05) is 16.0 Å². The predicted octanol–water partition coefficient (Wildman–Crippen LogP) is 0.0959. The fourth-order valence-corrected chi connectivity index (χ4v) is 3.08. The second-order valence-corrected chi connectivity index (χ2v) is 6.04. The molecule has 0 aliphatic carbocycles. The molecule has 0 unspecified atom stereocenters. The minimum Gasteiger partial charge on any atom is -0.332 e. The molecule has 0 bridgehead atoms. The number of hydrogen-bond acceptors (Lipinski definition) is 6. The van der Waals surface area contributed by atoms with Crippen molar-refractivity contribution in [3.05, 3.63) is 17.3 Å². The number of amides is 2. The Kier molecular flexibility index (Phi) is 2.80. The smallest absolute Gasteiger partial charge is 0.251 e. The third-order valence-corrected chi connectivity index (χ3v) is 4.33. The van der Waals surface area contributed by atoms with Crippen LogP contribution < -0.4 is 16.0 Å². The highest BCUT2D eigenvalue weighted by molar-refractivity contribution is 7.15. The fourth-order valence-electron chi connectivity index (χ4n) is 2.35. The summed E-state index contributed by atoms with van der Waals surface area (Å²) in [6.07, 6.45) is 1.89. The van der Waals surface area contributed by atoms with Gasteiger partial charge in [-0.3, -0.25) is 19.3 Å². The Balaban J connectivity index is 2.15. The van der Waals surface area contributed by atoms with Gasteiger partial charge in [-0.1, -0.05) is 0 Å². The Labute approximate surface area is 119 Å². The molecule has 3 heterocycles. The van der Waals surface area contributed by atoms with Crippen molar-refractivity contribution >= 4 is 33.9 Å². The number of thiazole rings is 1. The molecule has 2 aromatic heterocycles. The molecule has 2 aromatic rings. The topological polar surface area (TPSA) is 92.7 Å². The molecule has 1 aliphatic rings. The van der Waals surface area contributed by atoms with Gasteiger partial charge in [0.25, 0.3) is 5.91 Å². The average Bonchev–Trinajstić information content (AvgIpc) is 2.93. The number of nitrogens with two attached hydrogens (primary N) is 1.